The van der Waals surface area contributed by atoms with Crippen LogP contribution < -0.4 is 10.1 Å². The molecule has 0 saturated heterocycles. The molecule has 138 valence electrons. The van der Waals surface area contributed by atoms with Gasteiger partial charge in [-0.15, -0.1) is 0 Å². The van der Waals surface area contributed by atoms with E-state index in [0.717, 1.165) is 29.7 Å². The predicted molar refractivity (Wildman–Crippen MR) is 100 cm³/mol. The van der Waals surface area contributed by atoms with Gasteiger partial charge in [0.1, 0.15) is 0 Å². The first-order chi connectivity index (χ1) is 12.6. The Morgan fingerprint density at radius 3 is 2.54 bits per heavy atom. The first kappa shape index (κ1) is 18.4. The minimum atomic E-state index is -0.327. The molecule has 0 radical (unpaired) electrons. The van der Waals surface area contributed by atoms with Crippen molar-refractivity contribution in [1.82, 2.24) is 10.2 Å². The van der Waals surface area contributed by atoms with Gasteiger partial charge in [-0.2, -0.15) is 0 Å². The topological polar surface area (TPSA) is 41.6 Å². The molecule has 0 fully saturated rings. The van der Waals surface area contributed by atoms with E-state index in [9.17, 15) is 9.18 Å². The fourth-order valence-electron chi connectivity index (χ4n) is 3.52. The van der Waals surface area contributed by atoms with Crippen molar-refractivity contribution in [1.29, 1.82) is 0 Å². The summed E-state index contributed by atoms with van der Waals surface area (Å²) in [6.45, 7) is 6.12. The summed E-state index contributed by atoms with van der Waals surface area (Å²) in [7, 11) is 1.48. The fourth-order valence-corrected chi connectivity index (χ4v) is 3.52. The Kier molecular flexibility index (Phi) is 5.57. The Morgan fingerprint density at radius 1 is 1.23 bits per heavy atom. The monoisotopic (exact) mass is 356 g/mol. The van der Waals surface area contributed by atoms with Gasteiger partial charge in [0.25, 0.3) is 5.91 Å². The summed E-state index contributed by atoms with van der Waals surface area (Å²) in [6.07, 6.45) is 0.783. The van der Waals surface area contributed by atoms with Gasteiger partial charge in [-0.1, -0.05) is 12.1 Å². The van der Waals surface area contributed by atoms with E-state index >= 15 is 0 Å². The average Bonchev–Trinajstić information content (AvgIpc) is 2.68. The van der Waals surface area contributed by atoms with Crippen molar-refractivity contribution in [3.05, 3.63) is 64.5 Å². The van der Waals surface area contributed by atoms with Crippen molar-refractivity contribution in [3.8, 4) is 5.75 Å². The Labute approximate surface area is 154 Å². The lowest BCUT2D eigenvalue weighted by atomic mass is 9.89. The van der Waals surface area contributed by atoms with E-state index in [1.807, 2.05) is 38.1 Å². The highest BCUT2D eigenvalue weighted by atomic mass is 19.1. The zero-order valence-corrected chi connectivity index (χ0v) is 15.5. The van der Waals surface area contributed by atoms with Crippen LogP contribution in [0.5, 0.6) is 5.75 Å². The maximum Gasteiger partial charge on any atom is 0.253 e. The largest absolute Gasteiger partial charge is 0.494 e. The molecule has 0 aliphatic carbocycles. The third-order valence-corrected chi connectivity index (χ3v) is 5.01. The molecule has 0 bridgehead atoms. The second kappa shape index (κ2) is 7.87. The number of carbonyl (C=O) groups excluding carboxylic acids is 1. The molecular weight excluding hydrogens is 331 g/mol. The standard InChI is InChI=1S/C21H25FN2O2/c1-4-24(5-2)21(25)15-8-6-14(7-9-15)20-17-13-19(26-3)18(22)12-16(17)10-11-23-20/h6-9,12-13,20,23H,4-5,10-11H2,1-3H3. The molecule has 2 aromatic rings. The van der Waals surface area contributed by atoms with Gasteiger partial charge in [0, 0.05) is 25.2 Å². The lowest BCUT2D eigenvalue weighted by molar-refractivity contribution is 0.0773. The molecule has 1 N–H and O–H groups in total. The number of carbonyl (C=O) groups is 1. The van der Waals surface area contributed by atoms with Gasteiger partial charge in [-0.3, -0.25) is 4.79 Å². The van der Waals surface area contributed by atoms with Crippen LogP contribution in [0.3, 0.4) is 0 Å². The van der Waals surface area contributed by atoms with Crippen LogP contribution in [0, 0.1) is 5.82 Å². The number of hydrogen-bond donors (Lipinski definition) is 1. The molecule has 0 spiro atoms. The summed E-state index contributed by atoms with van der Waals surface area (Å²) >= 11 is 0. The van der Waals surface area contributed by atoms with Gasteiger partial charge in [0.2, 0.25) is 0 Å². The number of benzene rings is 2. The number of fused-ring (bicyclic) bond motifs is 1. The summed E-state index contributed by atoms with van der Waals surface area (Å²) in [4.78, 5) is 14.3. The van der Waals surface area contributed by atoms with E-state index in [4.69, 9.17) is 4.74 Å². The molecule has 3 rings (SSSR count). The zero-order chi connectivity index (χ0) is 18.7. The normalized spacial score (nSPS) is 16.1. The van der Waals surface area contributed by atoms with Gasteiger partial charge >= 0.3 is 0 Å². The lowest BCUT2D eigenvalue weighted by Gasteiger charge is -2.28. The molecule has 0 aromatic heterocycles. The van der Waals surface area contributed by atoms with E-state index < -0.39 is 0 Å². The minimum Gasteiger partial charge on any atom is -0.494 e. The molecular formula is C21H25FN2O2. The SMILES string of the molecule is CCN(CC)C(=O)c1ccc(C2NCCc3cc(F)c(OC)cc32)cc1. The molecule has 5 heteroatoms. The van der Waals surface area contributed by atoms with Crippen LogP contribution in [-0.2, 0) is 6.42 Å². The van der Waals surface area contributed by atoms with Crippen LogP contribution in [-0.4, -0.2) is 37.6 Å². The van der Waals surface area contributed by atoms with Gasteiger partial charge in [0.05, 0.1) is 13.2 Å². The number of ether oxygens (including phenoxy) is 1. The summed E-state index contributed by atoms with van der Waals surface area (Å²) in [5, 5.41) is 3.48. The fraction of sp³-hybridized carbons (Fsp3) is 0.381. The van der Waals surface area contributed by atoms with E-state index in [0.29, 0.717) is 18.7 Å². The molecule has 4 nitrogen and oxygen atoms in total. The average molecular weight is 356 g/mol. The smallest absolute Gasteiger partial charge is 0.253 e. The van der Waals surface area contributed by atoms with Crippen molar-refractivity contribution in [2.75, 3.05) is 26.7 Å². The van der Waals surface area contributed by atoms with Crippen molar-refractivity contribution in [3.63, 3.8) is 0 Å². The maximum absolute atomic E-state index is 14.0. The third-order valence-electron chi connectivity index (χ3n) is 5.01. The summed E-state index contributed by atoms with van der Waals surface area (Å²) < 4.78 is 19.1. The van der Waals surface area contributed by atoms with Crippen LogP contribution >= 0.6 is 0 Å². The summed E-state index contributed by atoms with van der Waals surface area (Å²) in [5.74, 6) is -0.0276. The quantitative estimate of drug-likeness (QED) is 0.891. The Bertz CT molecular complexity index is 785. The zero-order valence-electron chi connectivity index (χ0n) is 15.5. The first-order valence-corrected chi connectivity index (χ1v) is 9.07. The minimum absolute atomic E-state index is 0.0362. The van der Waals surface area contributed by atoms with Gasteiger partial charge in [0.15, 0.2) is 11.6 Å². The molecule has 0 saturated carbocycles. The van der Waals surface area contributed by atoms with Gasteiger partial charge < -0.3 is 15.0 Å². The Morgan fingerprint density at radius 2 is 1.92 bits per heavy atom. The van der Waals surface area contributed by atoms with Crippen molar-refractivity contribution in [2.24, 2.45) is 0 Å². The Balaban J connectivity index is 1.91. The number of nitrogens with zero attached hydrogens (tertiary/aromatic N) is 1. The van der Waals surface area contributed by atoms with E-state index in [-0.39, 0.29) is 23.5 Å². The number of halogens is 1. The van der Waals surface area contributed by atoms with Crippen LogP contribution in [0.4, 0.5) is 4.39 Å². The third kappa shape index (κ3) is 3.44. The van der Waals surface area contributed by atoms with E-state index in [2.05, 4.69) is 5.32 Å². The molecule has 1 heterocycles. The predicted octanol–water partition coefficient (Wildman–Crippen LogP) is 3.55. The van der Waals surface area contributed by atoms with Crippen LogP contribution in [0.1, 0.15) is 46.9 Å². The van der Waals surface area contributed by atoms with Gasteiger partial charge in [-0.05, 0) is 61.2 Å². The number of amides is 1. The van der Waals surface area contributed by atoms with Crippen LogP contribution in [0.2, 0.25) is 0 Å². The lowest BCUT2D eigenvalue weighted by Crippen LogP contribution is -2.31. The number of methoxy groups -OCH3 is 1. The molecule has 1 unspecified atom stereocenters. The first-order valence-electron chi connectivity index (χ1n) is 9.07. The molecule has 1 aliphatic heterocycles. The summed E-state index contributed by atoms with van der Waals surface area (Å²) in [5.41, 5.74) is 3.76. The van der Waals surface area contributed by atoms with E-state index in [1.54, 1.807) is 17.0 Å². The van der Waals surface area contributed by atoms with Crippen molar-refractivity contribution >= 4 is 5.91 Å². The van der Waals surface area contributed by atoms with Crippen molar-refractivity contribution in [2.45, 2.75) is 26.3 Å². The van der Waals surface area contributed by atoms with E-state index in [1.165, 1.54) is 7.11 Å². The molecule has 1 atom stereocenters. The number of nitrogens with one attached hydrogen (secondary N) is 1. The van der Waals surface area contributed by atoms with Crippen LogP contribution in [0.15, 0.2) is 36.4 Å². The van der Waals surface area contributed by atoms with Gasteiger partial charge in [-0.25, -0.2) is 4.39 Å². The second-order valence-corrected chi connectivity index (χ2v) is 6.42. The molecule has 1 aliphatic rings. The second-order valence-electron chi connectivity index (χ2n) is 6.42. The van der Waals surface area contributed by atoms with Crippen LogP contribution in [0.25, 0.3) is 0 Å². The molecule has 26 heavy (non-hydrogen) atoms. The highest BCUT2D eigenvalue weighted by molar-refractivity contribution is 5.94. The summed E-state index contributed by atoms with van der Waals surface area (Å²) in [6, 6.07) is 11.0. The molecule has 2 aromatic carbocycles. The molecule has 1 amide bonds. The highest BCUT2D eigenvalue weighted by Gasteiger charge is 2.24. The Hall–Kier alpha value is -2.40. The van der Waals surface area contributed by atoms with Crippen molar-refractivity contribution < 1.29 is 13.9 Å². The number of rotatable bonds is 5. The maximum atomic E-state index is 14.0. The highest BCUT2D eigenvalue weighted by Crippen LogP contribution is 2.33. The number of hydrogen-bond acceptors (Lipinski definition) is 3.